The molecule has 0 atom stereocenters. The molecule has 6 nitrogen and oxygen atoms in total. The van der Waals surface area contributed by atoms with Crippen LogP contribution in [0.3, 0.4) is 0 Å². The largest absolute Gasteiger partial charge is 0.364 e. The molecular formula is C18H21N5O. The Morgan fingerprint density at radius 1 is 1.12 bits per heavy atom. The Labute approximate surface area is 141 Å². The Balaban J connectivity index is 1.51. The van der Waals surface area contributed by atoms with E-state index in [0.717, 1.165) is 32.7 Å². The first-order chi connectivity index (χ1) is 11.7. The Kier molecular flexibility index (Phi) is 5.18. The van der Waals surface area contributed by atoms with Crippen molar-refractivity contribution in [3.05, 3.63) is 60.1 Å². The highest BCUT2D eigenvalue weighted by Gasteiger charge is 2.18. The first kappa shape index (κ1) is 16.1. The van der Waals surface area contributed by atoms with Crippen LogP contribution in [-0.2, 0) is 0 Å². The molecule has 0 unspecified atom stereocenters. The van der Waals surface area contributed by atoms with Crippen LogP contribution < -0.4 is 10.6 Å². The standard InChI is InChI=1S/C18H21N5O/c19-18(24)16-13-20-14-17(21-16)23-11-9-22(10-12-23)8-4-7-15-5-2-1-3-6-15/h1-7,13-14H,8-12H2,(H2,19,24)/b7-4+. The van der Waals surface area contributed by atoms with Crippen LogP contribution in [0.15, 0.2) is 48.8 Å². The van der Waals surface area contributed by atoms with Crippen molar-refractivity contribution in [1.82, 2.24) is 14.9 Å². The van der Waals surface area contributed by atoms with Gasteiger partial charge in [0.2, 0.25) is 0 Å². The molecule has 0 spiro atoms. The average molecular weight is 323 g/mol. The zero-order valence-electron chi connectivity index (χ0n) is 13.5. The van der Waals surface area contributed by atoms with Crippen LogP contribution in [-0.4, -0.2) is 53.5 Å². The molecular weight excluding hydrogens is 302 g/mol. The summed E-state index contributed by atoms with van der Waals surface area (Å²) in [4.78, 5) is 24.1. The highest BCUT2D eigenvalue weighted by Crippen LogP contribution is 2.13. The van der Waals surface area contributed by atoms with Crippen LogP contribution in [0.5, 0.6) is 0 Å². The van der Waals surface area contributed by atoms with Gasteiger partial charge in [-0.1, -0.05) is 42.5 Å². The second kappa shape index (κ2) is 7.70. The molecule has 0 saturated carbocycles. The lowest BCUT2D eigenvalue weighted by atomic mass is 10.2. The lowest BCUT2D eigenvalue weighted by Gasteiger charge is -2.34. The first-order valence-electron chi connectivity index (χ1n) is 8.03. The van der Waals surface area contributed by atoms with E-state index in [-0.39, 0.29) is 5.69 Å². The van der Waals surface area contributed by atoms with Gasteiger partial charge < -0.3 is 10.6 Å². The summed E-state index contributed by atoms with van der Waals surface area (Å²) in [7, 11) is 0. The fourth-order valence-corrected chi connectivity index (χ4v) is 2.69. The third-order valence-corrected chi connectivity index (χ3v) is 4.04. The number of hydrogen-bond acceptors (Lipinski definition) is 5. The molecule has 3 rings (SSSR count). The molecule has 0 aliphatic carbocycles. The number of carbonyl (C=O) groups excluding carboxylic acids is 1. The van der Waals surface area contributed by atoms with Gasteiger partial charge in [0.1, 0.15) is 11.5 Å². The number of piperazine rings is 1. The number of anilines is 1. The second-order valence-electron chi connectivity index (χ2n) is 5.73. The van der Waals surface area contributed by atoms with Crippen LogP contribution in [0.1, 0.15) is 16.1 Å². The van der Waals surface area contributed by atoms with Crippen LogP contribution in [0, 0.1) is 0 Å². The van der Waals surface area contributed by atoms with Gasteiger partial charge in [-0.2, -0.15) is 0 Å². The molecule has 2 aromatic rings. The maximum Gasteiger partial charge on any atom is 0.268 e. The summed E-state index contributed by atoms with van der Waals surface area (Å²) >= 11 is 0. The number of aromatic nitrogens is 2. The molecule has 124 valence electrons. The minimum atomic E-state index is -0.547. The van der Waals surface area contributed by atoms with Crippen molar-refractivity contribution >= 4 is 17.8 Å². The highest BCUT2D eigenvalue weighted by atomic mass is 16.1. The van der Waals surface area contributed by atoms with E-state index in [1.165, 1.54) is 11.8 Å². The lowest BCUT2D eigenvalue weighted by Crippen LogP contribution is -2.46. The smallest absolute Gasteiger partial charge is 0.268 e. The molecule has 2 heterocycles. The summed E-state index contributed by atoms with van der Waals surface area (Å²) in [6.45, 7) is 4.53. The minimum Gasteiger partial charge on any atom is -0.364 e. The Bertz CT molecular complexity index is 708. The molecule has 1 aliphatic heterocycles. The van der Waals surface area contributed by atoms with Crippen molar-refractivity contribution in [3.8, 4) is 0 Å². The third kappa shape index (κ3) is 4.17. The van der Waals surface area contributed by atoms with E-state index in [9.17, 15) is 4.79 Å². The average Bonchev–Trinajstić information content (AvgIpc) is 2.63. The predicted octanol–water partition coefficient (Wildman–Crippen LogP) is 1.41. The van der Waals surface area contributed by atoms with Gasteiger partial charge in [-0.25, -0.2) is 4.98 Å². The van der Waals surface area contributed by atoms with Crippen LogP contribution in [0.4, 0.5) is 5.82 Å². The fraction of sp³-hybridized carbons (Fsp3) is 0.278. The summed E-state index contributed by atoms with van der Waals surface area (Å²) in [5.74, 6) is 0.166. The molecule has 1 amide bonds. The van der Waals surface area contributed by atoms with Crippen molar-refractivity contribution in [1.29, 1.82) is 0 Å². The van der Waals surface area contributed by atoms with Gasteiger partial charge in [0, 0.05) is 32.7 Å². The van der Waals surface area contributed by atoms with E-state index in [4.69, 9.17) is 5.73 Å². The number of nitrogens with two attached hydrogens (primary N) is 1. The molecule has 1 aromatic carbocycles. The maximum atomic E-state index is 11.2. The SMILES string of the molecule is NC(=O)c1cncc(N2CCN(C/C=C/c3ccccc3)CC2)n1. The Hall–Kier alpha value is -2.73. The van der Waals surface area contributed by atoms with Gasteiger partial charge in [0.25, 0.3) is 5.91 Å². The van der Waals surface area contributed by atoms with E-state index in [2.05, 4.69) is 44.1 Å². The fourth-order valence-electron chi connectivity index (χ4n) is 2.69. The van der Waals surface area contributed by atoms with Crippen molar-refractivity contribution in [2.24, 2.45) is 5.73 Å². The highest BCUT2D eigenvalue weighted by molar-refractivity contribution is 5.90. The summed E-state index contributed by atoms with van der Waals surface area (Å²) < 4.78 is 0. The van der Waals surface area contributed by atoms with Gasteiger partial charge >= 0.3 is 0 Å². The molecule has 24 heavy (non-hydrogen) atoms. The van der Waals surface area contributed by atoms with E-state index in [1.807, 2.05) is 18.2 Å². The molecule has 1 fully saturated rings. The van der Waals surface area contributed by atoms with Gasteiger partial charge in [0.05, 0.1) is 12.4 Å². The van der Waals surface area contributed by atoms with E-state index in [1.54, 1.807) is 6.20 Å². The number of benzene rings is 1. The van der Waals surface area contributed by atoms with Crippen LogP contribution >= 0.6 is 0 Å². The molecule has 1 aromatic heterocycles. The first-order valence-corrected chi connectivity index (χ1v) is 8.03. The molecule has 0 radical (unpaired) electrons. The van der Waals surface area contributed by atoms with Gasteiger partial charge in [-0.15, -0.1) is 0 Å². The number of primary amides is 1. The summed E-state index contributed by atoms with van der Waals surface area (Å²) in [6.07, 6.45) is 7.42. The Morgan fingerprint density at radius 3 is 2.58 bits per heavy atom. The number of nitrogens with zero attached hydrogens (tertiary/aromatic N) is 4. The second-order valence-corrected chi connectivity index (χ2v) is 5.73. The zero-order chi connectivity index (χ0) is 16.8. The maximum absolute atomic E-state index is 11.2. The number of rotatable bonds is 5. The van der Waals surface area contributed by atoms with E-state index >= 15 is 0 Å². The zero-order valence-corrected chi connectivity index (χ0v) is 13.5. The normalized spacial score (nSPS) is 15.8. The number of amides is 1. The lowest BCUT2D eigenvalue weighted by molar-refractivity contribution is 0.0995. The molecule has 0 bridgehead atoms. The quantitative estimate of drug-likeness (QED) is 0.900. The molecule has 1 aliphatic rings. The topological polar surface area (TPSA) is 75.4 Å². The van der Waals surface area contributed by atoms with E-state index < -0.39 is 5.91 Å². The minimum absolute atomic E-state index is 0.209. The third-order valence-electron chi connectivity index (χ3n) is 4.04. The molecule has 1 saturated heterocycles. The van der Waals surface area contributed by atoms with Crippen molar-refractivity contribution in [2.75, 3.05) is 37.6 Å². The van der Waals surface area contributed by atoms with Gasteiger partial charge in [-0.05, 0) is 5.56 Å². The summed E-state index contributed by atoms with van der Waals surface area (Å²) in [5.41, 5.74) is 6.69. The molecule has 6 heteroatoms. The van der Waals surface area contributed by atoms with Crippen LogP contribution in [0.25, 0.3) is 6.08 Å². The monoisotopic (exact) mass is 323 g/mol. The van der Waals surface area contributed by atoms with E-state index in [0.29, 0.717) is 5.82 Å². The van der Waals surface area contributed by atoms with Gasteiger partial charge in [-0.3, -0.25) is 14.7 Å². The van der Waals surface area contributed by atoms with Gasteiger partial charge in [0.15, 0.2) is 0 Å². The predicted molar refractivity (Wildman–Crippen MR) is 94.7 cm³/mol. The van der Waals surface area contributed by atoms with Crippen molar-refractivity contribution < 1.29 is 4.79 Å². The number of carbonyl (C=O) groups is 1. The molecule has 2 N–H and O–H groups in total. The van der Waals surface area contributed by atoms with Crippen LogP contribution in [0.2, 0.25) is 0 Å². The number of hydrogen-bond donors (Lipinski definition) is 1. The van der Waals surface area contributed by atoms with Crippen molar-refractivity contribution in [2.45, 2.75) is 0 Å². The van der Waals surface area contributed by atoms with Crippen molar-refractivity contribution in [3.63, 3.8) is 0 Å². The summed E-state index contributed by atoms with van der Waals surface area (Å²) in [6, 6.07) is 10.3. The summed E-state index contributed by atoms with van der Waals surface area (Å²) in [5, 5.41) is 0. The Morgan fingerprint density at radius 2 is 1.88 bits per heavy atom.